The van der Waals surface area contributed by atoms with Crippen LogP contribution in [0.4, 0.5) is 5.69 Å². The molecule has 2 rings (SSSR count). The van der Waals surface area contributed by atoms with Crippen molar-refractivity contribution in [2.75, 3.05) is 11.6 Å². The molecule has 0 radical (unpaired) electrons. The maximum absolute atomic E-state index is 12.5. The van der Waals surface area contributed by atoms with Crippen molar-refractivity contribution in [1.82, 2.24) is 15.0 Å². The molecule has 0 fully saturated rings. The molecule has 2 aromatic rings. The lowest BCUT2D eigenvalue weighted by Gasteiger charge is -2.05. The van der Waals surface area contributed by atoms with E-state index in [0.29, 0.717) is 16.3 Å². The maximum atomic E-state index is 12.5. The van der Waals surface area contributed by atoms with E-state index in [1.54, 1.807) is 31.3 Å². The van der Waals surface area contributed by atoms with Crippen LogP contribution in [0.5, 0.6) is 0 Å². The highest BCUT2D eigenvalue weighted by Crippen LogP contribution is 2.12. The van der Waals surface area contributed by atoms with Gasteiger partial charge >= 0.3 is 0 Å². The van der Waals surface area contributed by atoms with Gasteiger partial charge in [-0.25, -0.2) is 8.89 Å². The lowest BCUT2D eigenvalue weighted by Crippen LogP contribution is -2.10. The van der Waals surface area contributed by atoms with E-state index >= 15 is 0 Å². The van der Waals surface area contributed by atoms with Crippen LogP contribution >= 0.6 is 0 Å². The minimum atomic E-state index is -2.90. The van der Waals surface area contributed by atoms with Crippen molar-refractivity contribution in [3.05, 3.63) is 48.7 Å². The fourth-order valence-corrected chi connectivity index (χ4v) is 3.29. The Balaban J connectivity index is 2.11. The summed E-state index contributed by atoms with van der Waals surface area (Å²) in [5.74, 6) is -0.823. The molecule has 0 aliphatic rings. The number of nitrogens with zero attached hydrogens (tertiary/aromatic N) is 4. The molecule has 2 amide bonds. The average molecular weight is 347 g/mol. The molecule has 1 heterocycles. The Bertz CT molecular complexity index is 892. The summed E-state index contributed by atoms with van der Waals surface area (Å²) in [5.41, 5.74) is 1.28. The maximum Gasteiger partial charge on any atom is 0.258 e. The Morgan fingerprint density at radius 3 is 2.58 bits per heavy atom. The van der Waals surface area contributed by atoms with Gasteiger partial charge in [-0.05, 0) is 23.8 Å². The second-order valence-corrected chi connectivity index (χ2v) is 7.26. The Morgan fingerprint density at radius 2 is 2.04 bits per heavy atom. The van der Waals surface area contributed by atoms with Gasteiger partial charge in [-0.2, -0.15) is 4.36 Å². The number of anilines is 1. The van der Waals surface area contributed by atoms with E-state index in [4.69, 9.17) is 0 Å². The van der Waals surface area contributed by atoms with E-state index in [1.165, 1.54) is 23.2 Å². The fraction of sp³-hybridized carbons (Fsp3) is 0.200. The molecule has 1 aromatic heterocycles. The zero-order chi connectivity index (χ0) is 17.7. The van der Waals surface area contributed by atoms with Gasteiger partial charge < -0.3 is 5.32 Å². The van der Waals surface area contributed by atoms with Crippen LogP contribution in [0.3, 0.4) is 0 Å². The highest BCUT2D eigenvalue weighted by Gasteiger charge is 2.14. The van der Waals surface area contributed by atoms with Crippen molar-refractivity contribution in [1.29, 1.82) is 0 Å². The van der Waals surface area contributed by atoms with E-state index in [9.17, 15) is 13.8 Å². The van der Waals surface area contributed by atoms with Gasteiger partial charge in [0, 0.05) is 19.0 Å². The molecule has 1 atom stereocenters. The normalized spacial score (nSPS) is 12.9. The Labute approximate surface area is 139 Å². The number of hydrogen-bond acceptors (Lipinski definition) is 5. The highest BCUT2D eigenvalue weighted by molar-refractivity contribution is 7.93. The van der Waals surface area contributed by atoms with Gasteiger partial charge in [0.15, 0.2) is 5.03 Å². The number of aryl methyl sites for hydroxylation is 1. The summed E-state index contributed by atoms with van der Waals surface area (Å²) < 4.78 is 17.7. The van der Waals surface area contributed by atoms with Crippen LogP contribution in [0, 0.1) is 0 Å². The molecular formula is C15H17N5O3S. The van der Waals surface area contributed by atoms with Gasteiger partial charge in [0.05, 0.1) is 22.3 Å². The number of benzene rings is 1. The number of aromatic nitrogens is 3. The standard InChI is InChI=1S/C15H17N5O3S/c1-4-13(21)17-12-7-5-11(6-8-12)9-14(22)18-24(3,23)15-10-16-19-20(15)2/h4-8,10H,1,9H2,2-3H3,(H,17,21). The first kappa shape index (κ1) is 17.5. The van der Waals surface area contributed by atoms with Crippen molar-refractivity contribution < 1.29 is 13.8 Å². The van der Waals surface area contributed by atoms with Crippen LogP contribution in [-0.2, 0) is 32.8 Å². The first-order valence-corrected chi connectivity index (χ1v) is 8.86. The second kappa shape index (κ2) is 7.18. The minimum Gasteiger partial charge on any atom is -0.323 e. The predicted octanol–water partition coefficient (Wildman–Crippen LogP) is 1.17. The van der Waals surface area contributed by atoms with Crippen LogP contribution in [0.1, 0.15) is 5.56 Å². The Hall–Kier alpha value is -2.81. The van der Waals surface area contributed by atoms with Crippen molar-refractivity contribution >= 4 is 27.2 Å². The first-order chi connectivity index (χ1) is 11.3. The van der Waals surface area contributed by atoms with E-state index in [2.05, 4.69) is 26.6 Å². The average Bonchev–Trinajstić information content (AvgIpc) is 2.95. The molecule has 8 nitrogen and oxygen atoms in total. The third-order valence-corrected chi connectivity index (χ3v) is 4.80. The summed E-state index contributed by atoms with van der Waals surface area (Å²) in [4.78, 5) is 23.3. The number of amides is 2. The van der Waals surface area contributed by atoms with Crippen molar-refractivity contribution in [3.8, 4) is 0 Å². The zero-order valence-electron chi connectivity index (χ0n) is 13.3. The quantitative estimate of drug-likeness (QED) is 0.817. The molecule has 0 aliphatic carbocycles. The molecule has 0 spiro atoms. The molecule has 1 N–H and O–H groups in total. The molecule has 24 heavy (non-hydrogen) atoms. The molecule has 1 aromatic carbocycles. The molecule has 0 bridgehead atoms. The van der Waals surface area contributed by atoms with Crippen molar-refractivity contribution in [2.45, 2.75) is 11.4 Å². The topological polar surface area (TPSA) is 106 Å². The molecule has 9 heteroatoms. The van der Waals surface area contributed by atoms with E-state index in [1.807, 2.05) is 0 Å². The molecule has 0 saturated carbocycles. The summed E-state index contributed by atoms with van der Waals surface area (Å²) >= 11 is 0. The fourth-order valence-electron chi connectivity index (χ4n) is 1.97. The van der Waals surface area contributed by atoms with E-state index < -0.39 is 15.6 Å². The molecule has 0 aliphatic heterocycles. The van der Waals surface area contributed by atoms with Gasteiger partial charge in [-0.15, -0.1) is 5.10 Å². The number of rotatable bonds is 5. The summed E-state index contributed by atoms with van der Waals surface area (Å²) in [5, 5.41) is 10.2. The molecular weight excluding hydrogens is 330 g/mol. The second-order valence-electron chi connectivity index (χ2n) is 5.05. The van der Waals surface area contributed by atoms with Crippen LogP contribution in [-0.4, -0.2) is 37.3 Å². The lowest BCUT2D eigenvalue weighted by molar-refractivity contribution is -0.117. The smallest absolute Gasteiger partial charge is 0.258 e. The summed E-state index contributed by atoms with van der Waals surface area (Å²) in [7, 11) is -1.31. The van der Waals surface area contributed by atoms with Gasteiger partial charge in [0.2, 0.25) is 5.91 Å². The van der Waals surface area contributed by atoms with Gasteiger partial charge in [0.1, 0.15) is 0 Å². The largest absolute Gasteiger partial charge is 0.323 e. The van der Waals surface area contributed by atoms with Gasteiger partial charge in [0.25, 0.3) is 5.91 Å². The number of carbonyl (C=O) groups excluding carboxylic acids is 2. The predicted molar refractivity (Wildman–Crippen MR) is 89.7 cm³/mol. The summed E-state index contributed by atoms with van der Waals surface area (Å²) in [6, 6.07) is 6.71. The van der Waals surface area contributed by atoms with Crippen LogP contribution in [0.25, 0.3) is 0 Å². The Morgan fingerprint density at radius 1 is 1.38 bits per heavy atom. The highest BCUT2D eigenvalue weighted by atomic mass is 32.2. The summed E-state index contributed by atoms with van der Waals surface area (Å²) in [6.45, 7) is 3.37. The van der Waals surface area contributed by atoms with Crippen LogP contribution < -0.4 is 5.32 Å². The Kier molecular flexibility index (Phi) is 5.24. The summed E-state index contributed by atoms with van der Waals surface area (Å²) in [6.07, 6.45) is 3.88. The number of carbonyl (C=O) groups is 2. The molecule has 1 unspecified atom stereocenters. The SMILES string of the molecule is C=CC(=O)Nc1ccc(CC(=O)N=S(C)(=O)c2cnnn2C)cc1. The van der Waals surface area contributed by atoms with E-state index in [0.717, 1.165) is 0 Å². The first-order valence-electron chi connectivity index (χ1n) is 6.94. The van der Waals surface area contributed by atoms with Crippen molar-refractivity contribution in [3.63, 3.8) is 0 Å². The lowest BCUT2D eigenvalue weighted by atomic mass is 10.1. The monoisotopic (exact) mass is 347 g/mol. The van der Waals surface area contributed by atoms with Gasteiger partial charge in [-0.1, -0.05) is 23.9 Å². The van der Waals surface area contributed by atoms with Crippen LogP contribution in [0.15, 0.2) is 52.5 Å². The number of nitrogens with one attached hydrogen (secondary N) is 1. The van der Waals surface area contributed by atoms with Crippen LogP contribution in [0.2, 0.25) is 0 Å². The van der Waals surface area contributed by atoms with Crippen molar-refractivity contribution in [2.24, 2.45) is 11.4 Å². The third-order valence-electron chi connectivity index (χ3n) is 3.10. The zero-order valence-corrected chi connectivity index (χ0v) is 14.1. The van der Waals surface area contributed by atoms with E-state index in [-0.39, 0.29) is 12.3 Å². The molecule has 0 saturated heterocycles. The third kappa shape index (κ3) is 4.35. The number of hydrogen-bond donors (Lipinski definition) is 1. The molecule has 126 valence electrons. The van der Waals surface area contributed by atoms with Gasteiger partial charge in [-0.3, -0.25) is 9.59 Å². The minimum absolute atomic E-state index is 0.00575.